The molecule has 2 atom stereocenters. The first-order chi connectivity index (χ1) is 7.90. The van der Waals surface area contributed by atoms with Gasteiger partial charge in [-0.1, -0.05) is 30.3 Å². The maximum atomic E-state index is 9.46. The first-order valence-electron chi connectivity index (χ1n) is 6.00. The van der Waals surface area contributed by atoms with Crippen LogP contribution in [-0.2, 0) is 0 Å². The molecule has 1 fully saturated rings. The lowest BCUT2D eigenvalue weighted by Crippen LogP contribution is -2.48. The van der Waals surface area contributed by atoms with Gasteiger partial charge in [-0.25, -0.2) is 0 Å². The van der Waals surface area contributed by atoms with E-state index in [1.165, 1.54) is 5.56 Å². The van der Waals surface area contributed by atoms with Crippen LogP contribution in [0.25, 0.3) is 0 Å². The number of benzene rings is 1. The topological polar surface area (TPSA) is 44.3 Å². The zero-order chi connectivity index (χ0) is 11.2. The molecule has 0 aromatic heterocycles. The highest BCUT2D eigenvalue weighted by atomic mass is 16.3. The Morgan fingerprint density at radius 3 is 2.69 bits per heavy atom. The molecule has 0 radical (unpaired) electrons. The zero-order valence-electron chi connectivity index (χ0n) is 9.52. The van der Waals surface area contributed by atoms with E-state index in [0.717, 1.165) is 26.1 Å². The second-order valence-electron chi connectivity index (χ2n) is 4.38. The van der Waals surface area contributed by atoms with Gasteiger partial charge in [-0.05, 0) is 12.0 Å². The largest absolute Gasteiger partial charge is 0.396 e. The van der Waals surface area contributed by atoms with Crippen molar-refractivity contribution in [3.63, 3.8) is 0 Å². The molecule has 1 aromatic carbocycles. The van der Waals surface area contributed by atoms with Crippen LogP contribution in [0.4, 0.5) is 0 Å². The molecule has 16 heavy (non-hydrogen) atoms. The van der Waals surface area contributed by atoms with Crippen LogP contribution in [0.2, 0.25) is 0 Å². The summed E-state index contributed by atoms with van der Waals surface area (Å²) < 4.78 is 0. The fourth-order valence-corrected chi connectivity index (χ4v) is 2.26. The standard InChI is InChI=1S/C13H20N2O/c16-10-12(11-4-2-1-3-5-11)8-13-9-14-6-7-15-13/h1-5,12-16H,6-10H2/t12?,13-/m0/s1. The SMILES string of the molecule is OCC(C[C@H]1CNCCN1)c1ccccc1. The van der Waals surface area contributed by atoms with E-state index in [9.17, 15) is 5.11 Å². The Labute approximate surface area is 96.9 Å². The smallest absolute Gasteiger partial charge is 0.0500 e. The number of hydrogen-bond donors (Lipinski definition) is 3. The predicted molar refractivity (Wildman–Crippen MR) is 65.5 cm³/mol. The number of nitrogens with one attached hydrogen (secondary N) is 2. The molecule has 3 heteroatoms. The van der Waals surface area contributed by atoms with Crippen molar-refractivity contribution in [2.24, 2.45) is 0 Å². The van der Waals surface area contributed by atoms with Crippen molar-refractivity contribution >= 4 is 0 Å². The molecule has 1 saturated heterocycles. The lowest BCUT2D eigenvalue weighted by molar-refractivity contribution is 0.242. The summed E-state index contributed by atoms with van der Waals surface area (Å²) >= 11 is 0. The summed E-state index contributed by atoms with van der Waals surface area (Å²) in [5.74, 6) is 0.249. The molecule has 1 aromatic rings. The van der Waals surface area contributed by atoms with Crippen LogP contribution in [0.5, 0.6) is 0 Å². The molecule has 3 N–H and O–H groups in total. The summed E-state index contributed by atoms with van der Waals surface area (Å²) in [6.07, 6.45) is 0.994. The molecule has 1 unspecified atom stereocenters. The van der Waals surface area contributed by atoms with Crippen LogP contribution >= 0.6 is 0 Å². The minimum atomic E-state index is 0.224. The van der Waals surface area contributed by atoms with E-state index < -0.39 is 0 Å². The lowest BCUT2D eigenvalue weighted by atomic mass is 9.92. The van der Waals surface area contributed by atoms with Gasteiger partial charge in [0, 0.05) is 38.2 Å². The minimum Gasteiger partial charge on any atom is -0.396 e. The van der Waals surface area contributed by atoms with E-state index in [1.54, 1.807) is 0 Å². The summed E-state index contributed by atoms with van der Waals surface area (Å²) in [6.45, 7) is 3.30. The minimum absolute atomic E-state index is 0.224. The monoisotopic (exact) mass is 220 g/mol. The molecule has 0 amide bonds. The molecular formula is C13H20N2O. The van der Waals surface area contributed by atoms with Crippen LogP contribution in [-0.4, -0.2) is 37.4 Å². The van der Waals surface area contributed by atoms with Gasteiger partial charge < -0.3 is 15.7 Å². The van der Waals surface area contributed by atoms with E-state index >= 15 is 0 Å². The molecule has 3 nitrogen and oxygen atoms in total. The summed E-state index contributed by atoms with van der Waals surface area (Å²) in [5.41, 5.74) is 1.23. The van der Waals surface area contributed by atoms with Crippen LogP contribution in [0, 0.1) is 0 Å². The van der Waals surface area contributed by atoms with Crippen molar-refractivity contribution in [1.29, 1.82) is 0 Å². The van der Waals surface area contributed by atoms with Crippen molar-refractivity contribution in [2.45, 2.75) is 18.4 Å². The first-order valence-corrected chi connectivity index (χ1v) is 6.00. The molecule has 2 rings (SSSR count). The molecule has 0 spiro atoms. The quantitative estimate of drug-likeness (QED) is 0.700. The Hall–Kier alpha value is -0.900. The highest BCUT2D eigenvalue weighted by Crippen LogP contribution is 2.20. The Morgan fingerprint density at radius 1 is 1.25 bits per heavy atom. The number of rotatable bonds is 4. The van der Waals surface area contributed by atoms with Crippen molar-refractivity contribution in [3.05, 3.63) is 35.9 Å². The fraction of sp³-hybridized carbons (Fsp3) is 0.538. The van der Waals surface area contributed by atoms with Gasteiger partial charge in [0.1, 0.15) is 0 Å². The van der Waals surface area contributed by atoms with Gasteiger partial charge in [0.2, 0.25) is 0 Å². The average molecular weight is 220 g/mol. The van der Waals surface area contributed by atoms with Crippen LogP contribution in [0.15, 0.2) is 30.3 Å². The second-order valence-corrected chi connectivity index (χ2v) is 4.38. The Balaban J connectivity index is 1.94. The van der Waals surface area contributed by atoms with Gasteiger partial charge in [-0.2, -0.15) is 0 Å². The van der Waals surface area contributed by atoms with Crippen molar-refractivity contribution in [2.75, 3.05) is 26.2 Å². The fourth-order valence-electron chi connectivity index (χ4n) is 2.26. The van der Waals surface area contributed by atoms with Gasteiger partial charge >= 0.3 is 0 Å². The van der Waals surface area contributed by atoms with E-state index in [2.05, 4.69) is 22.8 Å². The summed E-state index contributed by atoms with van der Waals surface area (Å²) in [7, 11) is 0. The molecule has 1 aliphatic rings. The molecule has 0 bridgehead atoms. The number of aliphatic hydroxyl groups is 1. The highest BCUT2D eigenvalue weighted by molar-refractivity contribution is 5.19. The third kappa shape index (κ3) is 3.04. The van der Waals surface area contributed by atoms with E-state index in [1.807, 2.05) is 18.2 Å². The second kappa shape index (κ2) is 5.99. The summed E-state index contributed by atoms with van der Waals surface area (Å²) in [5, 5.41) is 16.3. The third-order valence-corrected chi connectivity index (χ3v) is 3.19. The molecule has 88 valence electrons. The van der Waals surface area contributed by atoms with E-state index in [0.29, 0.717) is 6.04 Å². The van der Waals surface area contributed by atoms with E-state index in [-0.39, 0.29) is 12.5 Å². The normalized spacial score (nSPS) is 22.9. The van der Waals surface area contributed by atoms with Crippen LogP contribution in [0.1, 0.15) is 17.9 Å². The lowest BCUT2D eigenvalue weighted by Gasteiger charge is -2.27. The maximum absolute atomic E-state index is 9.46. The van der Waals surface area contributed by atoms with Crippen LogP contribution in [0.3, 0.4) is 0 Å². The van der Waals surface area contributed by atoms with E-state index in [4.69, 9.17) is 0 Å². The van der Waals surface area contributed by atoms with Crippen molar-refractivity contribution < 1.29 is 5.11 Å². The molecule has 0 saturated carbocycles. The Kier molecular flexibility index (Phi) is 4.34. The van der Waals surface area contributed by atoms with Crippen molar-refractivity contribution in [3.8, 4) is 0 Å². The van der Waals surface area contributed by atoms with Gasteiger partial charge in [0.05, 0.1) is 0 Å². The molecule has 1 aliphatic heterocycles. The van der Waals surface area contributed by atoms with Gasteiger partial charge in [-0.15, -0.1) is 0 Å². The predicted octanol–water partition coefficient (Wildman–Crippen LogP) is 0.714. The maximum Gasteiger partial charge on any atom is 0.0500 e. The third-order valence-electron chi connectivity index (χ3n) is 3.19. The number of piperazine rings is 1. The van der Waals surface area contributed by atoms with Crippen LogP contribution < -0.4 is 10.6 Å². The van der Waals surface area contributed by atoms with Crippen molar-refractivity contribution in [1.82, 2.24) is 10.6 Å². The van der Waals surface area contributed by atoms with Gasteiger partial charge in [-0.3, -0.25) is 0 Å². The highest BCUT2D eigenvalue weighted by Gasteiger charge is 2.18. The summed E-state index contributed by atoms with van der Waals surface area (Å²) in [6, 6.07) is 10.7. The van der Waals surface area contributed by atoms with Gasteiger partial charge in [0.25, 0.3) is 0 Å². The molecule has 0 aliphatic carbocycles. The number of aliphatic hydroxyl groups excluding tert-OH is 1. The molecule has 1 heterocycles. The Bertz CT molecular complexity index is 296. The zero-order valence-corrected chi connectivity index (χ0v) is 9.52. The first kappa shape index (κ1) is 11.6. The average Bonchev–Trinajstić information content (AvgIpc) is 2.38. The Morgan fingerprint density at radius 2 is 2.06 bits per heavy atom. The number of hydrogen-bond acceptors (Lipinski definition) is 3. The van der Waals surface area contributed by atoms with Gasteiger partial charge in [0.15, 0.2) is 0 Å². The molecular weight excluding hydrogens is 200 g/mol. The summed E-state index contributed by atoms with van der Waals surface area (Å²) in [4.78, 5) is 0.